The van der Waals surface area contributed by atoms with Crippen molar-refractivity contribution in [3.05, 3.63) is 23.9 Å². The molecule has 4 atom stereocenters. The number of hydrogen-bond donors (Lipinski definition) is 0. The average molecular weight is 327 g/mol. The Morgan fingerprint density at radius 2 is 2.17 bits per heavy atom. The number of piperidine rings is 1. The van der Waals surface area contributed by atoms with Crippen molar-refractivity contribution in [1.82, 2.24) is 15.0 Å². The zero-order valence-electron chi connectivity index (χ0n) is 14.1. The number of carbonyl (C=O) groups is 1. The molecule has 4 aliphatic rings. The van der Waals surface area contributed by atoms with E-state index in [0.717, 1.165) is 50.5 Å². The molecule has 1 aromatic rings. The Kier molecular flexibility index (Phi) is 3.49. The molecule has 1 aromatic heterocycles. The van der Waals surface area contributed by atoms with E-state index in [-0.39, 0.29) is 5.92 Å². The summed E-state index contributed by atoms with van der Waals surface area (Å²) in [6.07, 6.45) is 12.3. The van der Waals surface area contributed by atoms with Gasteiger partial charge in [-0.1, -0.05) is 17.3 Å². The molecule has 128 valence electrons. The van der Waals surface area contributed by atoms with Gasteiger partial charge in [0.05, 0.1) is 0 Å². The third-order valence-corrected chi connectivity index (χ3v) is 6.32. The summed E-state index contributed by atoms with van der Waals surface area (Å²) in [5, 5.41) is 4.11. The maximum Gasteiger partial charge on any atom is 0.226 e. The van der Waals surface area contributed by atoms with E-state index < -0.39 is 0 Å². The lowest BCUT2D eigenvalue weighted by Crippen LogP contribution is -2.44. The van der Waals surface area contributed by atoms with Gasteiger partial charge < -0.3 is 9.42 Å². The highest BCUT2D eigenvalue weighted by molar-refractivity contribution is 5.80. The van der Waals surface area contributed by atoms with Gasteiger partial charge in [-0.25, -0.2) is 0 Å². The van der Waals surface area contributed by atoms with Crippen molar-refractivity contribution in [3.8, 4) is 0 Å². The van der Waals surface area contributed by atoms with Crippen molar-refractivity contribution in [2.45, 2.75) is 50.9 Å². The number of fused-ring (bicyclic) bond motifs is 2. The standard InChI is InChI=1S/C19H25N3O2/c23-19(16-9-12-3-4-15(16)8-12)22-7-1-2-13(11-22)10-17-20-18(21-24-17)14-5-6-14/h3-4,12-16H,1-2,5-11H2/t12-,13-,15-,16+/m0/s1. The fourth-order valence-corrected chi connectivity index (χ4v) is 4.84. The van der Waals surface area contributed by atoms with Crippen LogP contribution in [0.1, 0.15) is 56.2 Å². The van der Waals surface area contributed by atoms with E-state index in [2.05, 4.69) is 27.2 Å². The van der Waals surface area contributed by atoms with Gasteiger partial charge in [0.15, 0.2) is 5.82 Å². The fourth-order valence-electron chi connectivity index (χ4n) is 4.84. The number of likely N-dealkylation sites (tertiary alicyclic amines) is 1. The third kappa shape index (κ3) is 2.68. The third-order valence-electron chi connectivity index (χ3n) is 6.32. The lowest BCUT2D eigenvalue weighted by atomic mass is 9.89. The van der Waals surface area contributed by atoms with Crippen LogP contribution in [0.2, 0.25) is 0 Å². The van der Waals surface area contributed by atoms with Crippen molar-refractivity contribution < 1.29 is 9.32 Å². The van der Waals surface area contributed by atoms with Crippen LogP contribution in [0.25, 0.3) is 0 Å². The number of nitrogens with zero attached hydrogens (tertiary/aromatic N) is 3. The van der Waals surface area contributed by atoms with Crippen LogP contribution in [-0.4, -0.2) is 34.0 Å². The molecule has 2 saturated carbocycles. The van der Waals surface area contributed by atoms with Crippen LogP contribution in [0.15, 0.2) is 16.7 Å². The highest BCUT2D eigenvalue weighted by Gasteiger charge is 2.42. The summed E-state index contributed by atoms with van der Waals surface area (Å²) in [5.41, 5.74) is 0. The van der Waals surface area contributed by atoms with Gasteiger partial charge >= 0.3 is 0 Å². The Bertz CT molecular complexity index is 663. The minimum Gasteiger partial charge on any atom is -0.342 e. The molecule has 24 heavy (non-hydrogen) atoms. The molecule has 3 fully saturated rings. The number of amides is 1. The van der Waals surface area contributed by atoms with Crippen molar-refractivity contribution in [1.29, 1.82) is 0 Å². The minimum absolute atomic E-state index is 0.239. The predicted octanol–water partition coefficient (Wildman–Crippen LogP) is 2.94. The van der Waals surface area contributed by atoms with Gasteiger partial charge in [0, 0.05) is 31.3 Å². The molecule has 1 amide bonds. The van der Waals surface area contributed by atoms with Crippen LogP contribution >= 0.6 is 0 Å². The first-order valence-electron chi connectivity index (χ1n) is 9.56. The van der Waals surface area contributed by atoms with Crippen molar-refractivity contribution in [2.24, 2.45) is 23.7 Å². The summed E-state index contributed by atoms with van der Waals surface area (Å²) < 4.78 is 5.43. The number of rotatable bonds is 4. The number of carbonyl (C=O) groups excluding carboxylic acids is 1. The molecule has 2 bridgehead atoms. The van der Waals surface area contributed by atoms with Crippen LogP contribution in [0, 0.1) is 23.7 Å². The van der Waals surface area contributed by atoms with Crippen molar-refractivity contribution in [3.63, 3.8) is 0 Å². The monoisotopic (exact) mass is 327 g/mol. The summed E-state index contributed by atoms with van der Waals surface area (Å²) in [4.78, 5) is 19.6. The highest BCUT2D eigenvalue weighted by atomic mass is 16.5. The summed E-state index contributed by atoms with van der Waals surface area (Å²) in [6.45, 7) is 1.78. The van der Waals surface area contributed by atoms with Crippen LogP contribution in [0.4, 0.5) is 0 Å². The maximum absolute atomic E-state index is 12.9. The Hall–Kier alpha value is -1.65. The summed E-state index contributed by atoms with van der Waals surface area (Å²) >= 11 is 0. The summed E-state index contributed by atoms with van der Waals surface area (Å²) in [5.74, 6) is 4.44. The van der Waals surface area contributed by atoms with E-state index in [0.29, 0.717) is 29.6 Å². The zero-order chi connectivity index (χ0) is 16.1. The highest BCUT2D eigenvalue weighted by Crippen LogP contribution is 2.44. The lowest BCUT2D eigenvalue weighted by molar-refractivity contribution is -0.138. The predicted molar refractivity (Wildman–Crippen MR) is 88.1 cm³/mol. The number of hydrogen-bond acceptors (Lipinski definition) is 4. The zero-order valence-corrected chi connectivity index (χ0v) is 14.1. The second kappa shape index (κ2) is 5.71. The van der Waals surface area contributed by atoms with E-state index in [1.807, 2.05) is 0 Å². The van der Waals surface area contributed by atoms with E-state index in [1.54, 1.807) is 0 Å². The van der Waals surface area contributed by atoms with Crippen LogP contribution in [0.3, 0.4) is 0 Å². The van der Waals surface area contributed by atoms with Gasteiger partial charge in [-0.05, 0) is 56.3 Å². The molecule has 2 heterocycles. The van der Waals surface area contributed by atoms with Crippen LogP contribution in [-0.2, 0) is 11.2 Å². The Morgan fingerprint density at radius 1 is 1.25 bits per heavy atom. The molecule has 0 unspecified atom stereocenters. The Balaban J connectivity index is 1.21. The van der Waals surface area contributed by atoms with Gasteiger partial charge in [0.25, 0.3) is 0 Å². The van der Waals surface area contributed by atoms with Gasteiger partial charge in [0.2, 0.25) is 11.8 Å². The number of allylic oxidation sites excluding steroid dienone is 2. The van der Waals surface area contributed by atoms with E-state index in [4.69, 9.17) is 4.52 Å². The topological polar surface area (TPSA) is 59.2 Å². The Morgan fingerprint density at radius 3 is 2.92 bits per heavy atom. The SMILES string of the molecule is O=C([C@@H]1C[C@H]2C=C[C@H]1C2)N1CCC[C@@H](Cc2nc(C3CC3)no2)C1. The molecule has 0 radical (unpaired) electrons. The molecule has 0 spiro atoms. The fraction of sp³-hybridized carbons (Fsp3) is 0.737. The van der Waals surface area contributed by atoms with Gasteiger partial charge in [-0.2, -0.15) is 4.98 Å². The summed E-state index contributed by atoms with van der Waals surface area (Å²) in [6, 6.07) is 0. The molecule has 0 aromatic carbocycles. The lowest BCUT2D eigenvalue weighted by Gasteiger charge is -2.35. The maximum atomic E-state index is 12.9. The van der Waals surface area contributed by atoms with Crippen molar-refractivity contribution >= 4 is 5.91 Å². The molecule has 5 heteroatoms. The molecule has 0 N–H and O–H groups in total. The molecule has 5 rings (SSSR count). The second-order valence-electron chi connectivity index (χ2n) is 8.20. The first-order valence-corrected chi connectivity index (χ1v) is 9.56. The molecular weight excluding hydrogens is 302 g/mol. The Labute approximate surface area is 142 Å². The van der Waals surface area contributed by atoms with Crippen LogP contribution in [0.5, 0.6) is 0 Å². The van der Waals surface area contributed by atoms with E-state index in [1.165, 1.54) is 19.3 Å². The average Bonchev–Trinajstić information content (AvgIpc) is 3.02. The largest absolute Gasteiger partial charge is 0.342 e. The molecule has 5 nitrogen and oxygen atoms in total. The first kappa shape index (κ1) is 14.7. The van der Waals surface area contributed by atoms with Gasteiger partial charge in [0.1, 0.15) is 0 Å². The molecule has 3 aliphatic carbocycles. The molecule has 1 saturated heterocycles. The quantitative estimate of drug-likeness (QED) is 0.798. The van der Waals surface area contributed by atoms with Gasteiger partial charge in [-0.3, -0.25) is 4.79 Å². The van der Waals surface area contributed by atoms with E-state index >= 15 is 0 Å². The first-order chi connectivity index (χ1) is 11.8. The normalized spacial score (nSPS) is 34.9. The van der Waals surface area contributed by atoms with Crippen molar-refractivity contribution in [2.75, 3.05) is 13.1 Å². The van der Waals surface area contributed by atoms with Gasteiger partial charge in [-0.15, -0.1) is 0 Å². The minimum atomic E-state index is 0.239. The molecular formula is C19H25N3O2. The smallest absolute Gasteiger partial charge is 0.226 e. The number of aromatic nitrogens is 2. The molecule has 1 aliphatic heterocycles. The second-order valence-corrected chi connectivity index (χ2v) is 8.20. The van der Waals surface area contributed by atoms with E-state index in [9.17, 15) is 4.79 Å². The summed E-state index contributed by atoms with van der Waals surface area (Å²) in [7, 11) is 0. The van der Waals surface area contributed by atoms with Crippen LogP contribution < -0.4 is 0 Å².